The predicted molar refractivity (Wildman–Crippen MR) is 68.7 cm³/mol. The van der Waals surface area contributed by atoms with Gasteiger partial charge in [0.05, 0.1) is 5.69 Å². The van der Waals surface area contributed by atoms with Gasteiger partial charge in [-0.2, -0.15) is 0 Å². The lowest BCUT2D eigenvalue weighted by Crippen LogP contribution is -2.44. The Balaban J connectivity index is 2.54. The van der Waals surface area contributed by atoms with Gasteiger partial charge in [-0.05, 0) is 26.2 Å². The smallest absolute Gasteiger partial charge is 0.326 e. The van der Waals surface area contributed by atoms with Gasteiger partial charge in [-0.1, -0.05) is 19.0 Å². The molecule has 0 saturated carbocycles. The molecule has 106 valence electrons. The number of nitrogens with one attached hydrogen (secondary N) is 1. The maximum Gasteiger partial charge on any atom is 0.326 e. The zero-order chi connectivity index (χ0) is 14.6. The largest absolute Gasteiger partial charge is 0.480 e. The molecule has 6 nitrogen and oxygen atoms in total. The first-order valence-corrected chi connectivity index (χ1v) is 6.26. The fraction of sp³-hybridized carbons (Fsp3) is 0.615. The van der Waals surface area contributed by atoms with E-state index in [1.807, 2.05) is 6.92 Å². The molecule has 0 bridgehead atoms. The molecule has 0 radical (unpaired) electrons. The Labute approximate surface area is 112 Å². The second-order valence-electron chi connectivity index (χ2n) is 4.93. The van der Waals surface area contributed by atoms with Crippen molar-refractivity contribution in [3.63, 3.8) is 0 Å². The first kappa shape index (κ1) is 15.2. The summed E-state index contributed by atoms with van der Waals surface area (Å²) >= 11 is 0. The SMILES string of the molecule is Cc1noc(C)c1CCC(=O)N[C@H](C(=O)O)C(C)C. The van der Waals surface area contributed by atoms with Crippen LogP contribution in [0.5, 0.6) is 0 Å². The van der Waals surface area contributed by atoms with Crippen molar-refractivity contribution >= 4 is 11.9 Å². The fourth-order valence-corrected chi connectivity index (χ4v) is 1.86. The minimum absolute atomic E-state index is 0.152. The zero-order valence-corrected chi connectivity index (χ0v) is 11.7. The highest BCUT2D eigenvalue weighted by atomic mass is 16.5. The van der Waals surface area contributed by atoms with Crippen molar-refractivity contribution in [1.29, 1.82) is 0 Å². The number of aromatic nitrogens is 1. The standard InChI is InChI=1S/C13H20N2O4/c1-7(2)12(13(17)18)14-11(16)6-5-10-8(3)15-19-9(10)4/h7,12H,5-6H2,1-4H3,(H,14,16)(H,17,18)/t12-/m0/s1. The highest BCUT2D eigenvalue weighted by molar-refractivity contribution is 5.83. The summed E-state index contributed by atoms with van der Waals surface area (Å²) in [6, 6.07) is -0.850. The van der Waals surface area contributed by atoms with Crippen LogP contribution in [0.3, 0.4) is 0 Å². The van der Waals surface area contributed by atoms with Crippen LogP contribution >= 0.6 is 0 Å². The molecule has 2 N–H and O–H groups in total. The summed E-state index contributed by atoms with van der Waals surface area (Å²) in [5.41, 5.74) is 1.68. The number of rotatable bonds is 6. The summed E-state index contributed by atoms with van der Waals surface area (Å²) < 4.78 is 5.01. The highest BCUT2D eigenvalue weighted by Gasteiger charge is 2.23. The number of amides is 1. The quantitative estimate of drug-likeness (QED) is 0.814. The van der Waals surface area contributed by atoms with Crippen molar-refractivity contribution < 1.29 is 19.2 Å². The molecule has 0 aliphatic carbocycles. The van der Waals surface area contributed by atoms with E-state index in [2.05, 4.69) is 10.5 Å². The van der Waals surface area contributed by atoms with Crippen LogP contribution in [-0.4, -0.2) is 28.2 Å². The molecule has 1 atom stereocenters. The molecule has 0 unspecified atom stereocenters. The normalized spacial score (nSPS) is 12.5. The number of carbonyl (C=O) groups is 2. The lowest BCUT2D eigenvalue weighted by Gasteiger charge is -2.17. The Morgan fingerprint density at radius 1 is 1.37 bits per heavy atom. The fourth-order valence-electron chi connectivity index (χ4n) is 1.86. The molecule has 0 aliphatic rings. The van der Waals surface area contributed by atoms with E-state index < -0.39 is 12.0 Å². The van der Waals surface area contributed by atoms with Gasteiger partial charge in [0.15, 0.2) is 0 Å². The van der Waals surface area contributed by atoms with E-state index in [0.29, 0.717) is 12.2 Å². The maximum atomic E-state index is 11.8. The van der Waals surface area contributed by atoms with Crippen molar-refractivity contribution in [2.45, 2.75) is 46.6 Å². The summed E-state index contributed by atoms with van der Waals surface area (Å²) in [5.74, 6) is -0.744. The second kappa shape index (κ2) is 6.36. The number of hydrogen-bond donors (Lipinski definition) is 2. The van der Waals surface area contributed by atoms with Gasteiger partial charge in [0.2, 0.25) is 5.91 Å². The van der Waals surface area contributed by atoms with Gasteiger partial charge in [-0.15, -0.1) is 0 Å². The molecule has 0 spiro atoms. The van der Waals surface area contributed by atoms with Gasteiger partial charge in [-0.25, -0.2) is 4.79 Å². The lowest BCUT2D eigenvalue weighted by molar-refractivity contribution is -0.143. The first-order chi connectivity index (χ1) is 8.82. The number of aryl methyl sites for hydroxylation is 2. The topological polar surface area (TPSA) is 92.4 Å². The monoisotopic (exact) mass is 268 g/mol. The third-order valence-electron chi connectivity index (χ3n) is 3.03. The summed E-state index contributed by atoms with van der Waals surface area (Å²) in [4.78, 5) is 22.7. The number of hydrogen-bond acceptors (Lipinski definition) is 4. The first-order valence-electron chi connectivity index (χ1n) is 6.26. The average molecular weight is 268 g/mol. The van der Waals surface area contributed by atoms with Crippen LogP contribution in [0.1, 0.15) is 37.3 Å². The van der Waals surface area contributed by atoms with E-state index >= 15 is 0 Å². The molecule has 0 saturated heterocycles. The van der Waals surface area contributed by atoms with Crippen LogP contribution in [0.4, 0.5) is 0 Å². The van der Waals surface area contributed by atoms with Crippen molar-refractivity contribution in [3.05, 3.63) is 17.0 Å². The molecular weight excluding hydrogens is 248 g/mol. The Kier molecular flexibility index (Phi) is 5.09. The van der Waals surface area contributed by atoms with E-state index in [0.717, 1.165) is 11.3 Å². The minimum atomic E-state index is -1.01. The Hall–Kier alpha value is -1.85. The molecule has 1 amide bonds. The summed E-state index contributed by atoms with van der Waals surface area (Å²) in [6.07, 6.45) is 0.719. The van der Waals surface area contributed by atoms with Gasteiger partial charge in [0.1, 0.15) is 11.8 Å². The molecular formula is C13H20N2O4. The zero-order valence-electron chi connectivity index (χ0n) is 11.7. The van der Waals surface area contributed by atoms with Crippen molar-refractivity contribution in [2.75, 3.05) is 0 Å². The van der Waals surface area contributed by atoms with Crippen LogP contribution < -0.4 is 5.32 Å². The second-order valence-corrected chi connectivity index (χ2v) is 4.93. The van der Waals surface area contributed by atoms with Gasteiger partial charge in [0.25, 0.3) is 0 Å². The van der Waals surface area contributed by atoms with Gasteiger partial charge in [0, 0.05) is 12.0 Å². The van der Waals surface area contributed by atoms with E-state index in [1.54, 1.807) is 20.8 Å². The van der Waals surface area contributed by atoms with E-state index in [4.69, 9.17) is 9.63 Å². The van der Waals surface area contributed by atoms with Crippen LogP contribution in [-0.2, 0) is 16.0 Å². The molecule has 1 heterocycles. The molecule has 6 heteroatoms. The Morgan fingerprint density at radius 3 is 2.42 bits per heavy atom. The molecule has 1 aromatic heterocycles. The molecule has 1 rings (SSSR count). The average Bonchev–Trinajstić information content (AvgIpc) is 2.62. The van der Waals surface area contributed by atoms with Crippen LogP contribution in [0.25, 0.3) is 0 Å². The van der Waals surface area contributed by atoms with Crippen LogP contribution in [0.15, 0.2) is 4.52 Å². The summed E-state index contributed by atoms with van der Waals surface area (Å²) in [7, 11) is 0. The summed E-state index contributed by atoms with van der Waals surface area (Å²) in [6.45, 7) is 7.13. The van der Waals surface area contributed by atoms with E-state index in [1.165, 1.54) is 0 Å². The van der Waals surface area contributed by atoms with E-state index in [9.17, 15) is 9.59 Å². The number of carboxylic acids is 1. The number of nitrogens with zero attached hydrogens (tertiary/aromatic N) is 1. The minimum Gasteiger partial charge on any atom is -0.480 e. The maximum absolute atomic E-state index is 11.8. The number of aliphatic carboxylic acids is 1. The van der Waals surface area contributed by atoms with Gasteiger partial charge in [-0.3, -0.25) is 4.79 Å². The molecule has 19 heavy (non-hydrogen) atoms. The molecule has 0 aliphatic heterocycles. The third-order valence-corrected chi connectivity index (χ3v) is 3.03. The van der Waals surface area contributed by atoms with Crippen molar-refractivity contribution in [2.24, 2.45) is 5.92 Å². The van der Waals surface area contributed by atoms with Crippen LogP contribution in [0.2, 0.25) is 0 Å². The van der Waals surface area contributed by atoms with Crippen molar-refractivity contribution in [1.82, 2.24) is 10.5 Å². The van der Waals surface area contributed by atoms with Crippen LogP contribution in [0, 0.1) is 19.8 Å². The Morgan fingerprint density at radius 2 is 2.00 bits per heavy atom. The number of carbonyl (C=O) groups excluding carboxylic acids is 1. The molecule has 0 aromatic carbocycles. The third kappa shape index (κ3) is 4.08. The van der Waals surface area contributed by atoms with Gasteiger partial charge < -0.3 is 14.9 Å². The lowest BCUT2D eigenvalue weighted by atomic mass is 10.0. The molecule has 1 aromatic rings. The highest BCUT2D eigenvalue weighted by Crippen LogP contribution is 2.14. The van der Waals surface area contributed by atoms with E-state index in [-0.39, 0.29) is 18.2 Å². The summed E-state index contributed by atoms with van der Waals surface area (Å²) in [5, 5.41) is 15.3. The van der Waals surface area contributed by atoms with Crippen molar-refractivity contribution in [3.8, 4) is 0 Å². The Bertz CT molecular complexity index is 446. The molecule has 0 fully saturated rings. The van der Waals surface area contributed by atoms with Gasteiger partial charge >= 0.3 is 5.97 Å². The predicted octanol–water partition coefficient (Wildman–Crippen LogP) is 1.45. The number of carboxylic acid groups (broad SMARTS) is 1.